The maximum atomic E-state index is 13.6. The number of carbonyl (C=O) groups is 1. The van der Waals surface area contributed by atoms with E-state index in [0.717, 1.165) is 44.1 Å². The molecular formula is C16H19F2N5O. The van der Waals surface area contributed by atoms with Crippen LogP contribution in [0.5, 0.6) is 0 Å². The van der Waals surface area contributed by atoms with Gasteiger partial charge in [0.25, 0.3) is 5.91 Å². The molecule has 8 heteroatoms. The lowest BCUT2D eigenvalue weighted by Gasteiger charge is -2.23. The first-order valence-corrected chi connectivity index (χ1v) is 7.91. The molecule has 0 unspecified atom stereocenters. The minimum absolute atomic E-state index is 0.0896. The molecule has 128 valence electrons. The summed E-state index contributed by atoms with van der Waals surface area (Å²) in [4.78, 5) is 12.3. The molecule has 1 fully saturated rings. The molecule has 2 heterocycles. The van der Waals surface area contributed by atoms with E-state index in [1.165, 1.54) is 0 Å². The minimum Gasteiger partial charge on any atom is -0.346 e. The van der Waals surface area contributed by atoms with Gasteiger partial charge < -0.3 is 10.6 Å². The van der Waals surface area contributed by atoms with E-state index >= 15 is 0 Å². The van der Waals surface area contributed by atoms with Gasteiger partial charge in [0, 0.05) is 12.1 Å². The third-order valence-electron chi connectivity index (χ3n) is 4.24. The maximum Gasteiger partial charge on any atom is 0.274 e. The Labute approximate surface area is 138 Å². The van der Waals surface area contributed by atoms with Gasteiger partial charge >= 0.3 is 0 Å². The second kappa shape index (κ2) is 7.04. The molecule has 0 bridgehead atoms. The fourth-order valence-electron chi connectivity index (χ4n) is 2.89. The van der Waals surface area contributed by atoms with Crippen LogP contribution < -0.4 is 10.6 Å². The summed E-state index contributed by atoms with van der Waals surface area (Å²) in [6.45, 7) is 3.50. The van der Waals surface area contributed by atoms with Crippen LogP contribution in [0, 0.1) is 18.6 Å². The molecule has 0 aliphatic carbocycles. The highest BCUT2D eigenvalue weighted by Gasteiger charge is 2.22. The highest BCUT2D eigenvalue weighted by atomic mass is 19.1. The van der Waals surface area contributed by atoms with E-state index < -0.39 is 17.5 Å². The van der Waals surface area contributed by atoms with Gasteiger partial charge in [-0.25, -0.2) is 13.5 Å². The Bertz CT molecular complexity index is 740. The Hall–Kier alpha value is -2.35. The maximum absolute atomic E-state index is 13.6. The molecule has 1 aromatic carbocycles. The summed E-state index contributed by atoms with van der Waals surface area (Å²) >= 11 is 0. The van der Waals surface area contributed by atoms with E-state index in [9.17, 15) is 13.6 Å². The standard InChI is InChI=1S/C16H19F2N5O/c1-10-15(21-22-23(10)13-4-6-19-7-5-13)16(24)20-9-11-8-12(17)2-3-14(11)18/h2-3,8,13,19H,4-7,9H2,1H3,(H,20,24). The Morgan fingerprint density at radius 2 is 2.12 bits per heavy atom. The first-order valence-electron chi connectivity index (χ1n) is 7.91. The largest absolute Gasteiger partial charge is 0.346 e. The van der Waals surface area contributed by atoms with E-state index in [1.54, 1.807) is 11.6 Å². The smallest absolute Gasteiger partial charge is 0.274 e. The number of nitrogens with one attached hydrogen (secondary N) is 2. The van der Waals surface area contributed by atoms with Crippen LogP contribution >= 0.6 is 0 Å². The molecule has 1 aliphatic rings. The molecule has 0 saturated carbocycles. The summed E-state index contributed by atoms with van der Waals surface area (Å²) in [7, 11) is 0. The molecule has 6 nitrogen and oxygen atoms in total. The van der Waals surface area contributed by atoms with Crippen LogP contribution in [0.15, 0.2) is 18.2 Å². The molecule has 2 aromatic rings. The summed E-state index contributed by atoms with van der Waals surface area (Å²) in [5.41, 5.74) is 0.983. The van der Waals surface area contributed by atoms with Gasteiger partial charge in [0.05, 0.1) is 11.7 Å². The van der Waals surface area contributed by atoms with Crippen LogP contribution in [0.4, 0.5) is 8.78 Å². The molecule has 1 amide bonds. The SMILES string of the molecule is Cc1c(C(=O)NCc2cc(F)ccc2F)nnn1C1CCNCC1. The van der Waals surface area contributed by atoms with Gasteiger partial charge in [-0.3, -0.25) is 4.79 Å². The van der Waals surface area contributed by atoms with Crippen molar-refractivity contribution in [2.24, 2.45) is 0 Å². The summed E-state index contributed by atoms with van der Waals surface area (Å²) in [6, 6.07) is 3.36. The number of hydrogen-bond acceptors (Lipinski definition) is 4. The van der Waals surface area contributed by atoms with Crippen molar-refractivity contribution in [1.29, 1.82) is 0 Å². The van der Waals surface area contributed by atoms with Crippen LogP contribution in [-0.4, -0.2) is 34.0 Å². The van der Waals surface area contributed by atoms with Crippen LogP contribution in [0.1, 0.15) is 40.6 Å². The summed E-state index contributed by atoms with van der Waals surface area (Å²) < 4.78 is 28.5. The van der Waals surface area contributed by atoms with Crippen molar-refractivity contribution in [2.45, 2.75) is 32.4 Å². The lowest BCUT2D eigenvalue weighted by atomic mass is 10.1. The molecule has 0 radical (unpaired) electrons. The van der Waals surface area contributed by atoms with Gasteiger partial charge in [-0.15, -0.1) is 5.10 Å². The number of carbonyl (C=O) groups excluding carboxylic acids is 1. The number of nitrogens with zero attached hydrogens (tertiary/aromatic N) is 3. The van der Waals surface area contributed by atoms with Crippen molar-refractivity contribution in [2.75, 3.05) is 13.1 Å². The Balaban J connectivity index is 1.69. The van der Waals surface area contributed by atoms with Crippen molar-refractivity contribution in [3.8, 4) is 0 Å². The topological polar surface area (TPSA) is 71.8 Å². The predicted molar refractivity (Wildman–Crippen MR) is 83.4 cm³/mol. The number of halogens is 2. The summed E-state index contributed by atoms with van der Waals surface area (Å²) in [6.07, 6.45) is 1.86. The second-order valence-electron chi connectivity index (χ2n) is 5.87. The highest BCUT2D eigenvalue weighted by molar-refractivity contribution is 5.93. The van der Waals surface area contributed by atoms with Crippen molar-refractivity contribution >= 4 is 5.91 Å². The van der Waals surface area contributed by atoms with E-state index in [2.05, 4.69) is 20.9 Å². The number of benzene rings is 1. The van der Waals surface area contributed by atoms with Gasteiger partial charge in [-0.05, 0) is 51.1 Å². The first kappa shape index (κ1) is 16.5. The van der Waals surface area contributed by atoms with Crippen LogP contribution in [0.25, 0.3) is 0 Å². The molecular weight excluding hydrogens is 316 g/mol. The molecule has 2 N–H and O–H groups in total. The van der Waals surface area contributed by atoms with Crippen LogP contribution in [0.3, 0.4) is 0 Å². The van der Waals surface area contributed by atoms with Crippen molar-refractivity contribution in [3.63, 3.8) is 0 Å². The third-order valence-corrected chi connectivity index (χ3v) is 4.24. The van der Waals surface area contributed by atoms with E-state index in [4.69, 9.17) is 0 Å². The van der Waals surface area contributed by atoms with E-state index in [1.807, 2.05) is 0 Å². The number of amides is 1. The average molecular weight is 335 g/mol. The summed E-state index contributed by atoms with van der Waals surface area (Å²) in [5.74, 6) is -1.56. The molecule has 0 atom stereocenters. The number of rotatable bonds is 4. The Morgan fingerprint density at radius 1 is 1.38 bits per heavy atom. The lowest BCUT2D eigenvalue weighted by Crippen LogP contribution is -2.30. The highest BCUT2D eigenvalue weighted by Crippen LogP contribution is 2.20. The molecule has 3 rings (SSSR count). The zero-order valence-electron chi connectivity index (χ0n) is 13.4. The molecule has 1 aromatic heterocycles. The molecule has 1 aliphatic heterocycles. The minimum atomic E-state index is -0.563. The number of aromatic nitrogens is 3. The fraction of sp³-hybridized carbons (Fsp3) is 0.438. The van der Waals surface area contributed by atoms with E-state index in [0.29, 0.717) is 5.69 Å². The molecule has 1 saturated heterocycles. The monoisotopic (exact) mass is 335 g/mol. The Morgan fingerprint density at radius 3 is 2.88 bits per heavy atom. The zero-order chi connectivity index (χ0) is 17.1. The average Bonchev–Trinajstić information content (AvgIpc) is 2.98. The molecule has 24 heavy (non-hydrogen) atoms. The van der Waals surface area contributed by atoms with Gasteiger partial charge in [0.15, 0.2) is 5.69 Å². The quantitative estimate of drug-likeness (QED) is 0.892. The van der Waals surface area contributed by atoms with Gasteiger partial charge in [-0.1, -0.05) is 5.21 Å². The fourth-order valence-corrected chi connectivity index (χ4v) is 2.89. The third kappa shape index (κ3) is 3.43. The van der Waals surface area contributed by atoms with Gasteiger partial charge in [0.1, 0.15) is 11.6 Å². The van der Waals surface area contributed by atoms with E-state index in [-0.39, 0.29) is 23.8 Å². The Kier molecular flexibility index (Phi) is 4.84. The molecule has 0 spiro atoms. The van der Waals surface area contributed by atoms with Crippen molar-refractivity contribution < 1.29 is 13.6 Å². The van der Waals surface area contributed by atoms with Gasteiger partial charge in [0.2, 0.25) is 0 Å². The predicted octanol–water partition coefficient (Wildman–Crippen LogP) is 1.72. The zero-order valence-corrected chi connectivity index (χ0v) is 13.4. The van der Waals surface area contributed by atoms with Crippen molar-refractivity contribution in [3.05, 3.63) is 46.8 Å². The van der Waals surface area contributed by atoms with Crippen molar-refractivity contribution in [1.82, 2.24) is 25.6 Å². The normalized spacial score (nSPS) is 15.5. The lowest BCUT2D eigenvalue weighted by molar-refractivity contribution is 0.0944. The second-order valence-corrected chi connectivity index (χ2v) is 5.87. The van der Waals surface area contributed by atoms with Gasteiger partial charge in [-0.2, -0.15) is 0 Å². The summed E-state index contributed by atoms with van der Waals surface area (Å²) in [5, 5.41) is 13.9. The van der Waals surface area contributed by atoms with Crippen LogP contribution in [-0.2, 0) is 6.54 Å². The number of piperidine rings is 1. The van der Waals surface area contributed by atoms with Crippen LogP contribution in [0.2, 0.25) is 0 Å². The first-order chi connectivity index (χ1) is 11.6. The number of hydrogen-bond donors (Lipinski definition) is 2.